The molecule has 170 valence electrons. The van der Waals surface area contributed by atoms with Gasteiger partial charge >= 0.3 is 21.7 Å². The van der Waals surface area contributed by atoms with Gasteiger partial charge in [0.25, 0.3) is 0 Å². The first kappa shape index (κ1) is 32.7. The molecule has 0 N–H and O–H groups in total. The fourth-order valence-corrected chi connectivity index (χ4v) is 4.96. The van der Waals surface area contributed by atoms with Gasteiger partial charge in [-0.1, -0.05) is 0 Å². The quantitative estimate of drug-likeness (QED) is 0.207. The maximum absolute atomic E-state index is 2.42. The molecule has 2 saturated heterocycles. The first-order valence-electron chi connectivity index (χ1n) is 11.7. The Labute approximate surface area is 233 Å². The Hall–Kier alpha value is 1.65. The minimum atomic E-state index is 0. The maximum Gasteiger partial charge on any atom is 4.00 e. The summed E-state index contributed by atoms with van der Waals surface area (Å²) in [6.07, 6.45) is 28.7. The molecule has 10 radical (unpaired) electrons. The van der Waals surface area contributed by atoms with Gasteiger partial charge in [0, 0.05) is 12.8 Å². The second-order valence-electron chi connectivity index (χ2n) is 9.79. The third kappa shape index (κ3) is 12.3. The molecule has 2 aliphatic carbocycles. The van der Waals surface area contributed by atoms with E-state index in [1.54, 1.807) is 0 Å². The minimum absolute atomic E-state index is 0. The van der Waals surface area contributed by atoms with Crippen LogP contribution in [0.3, 0.4) is 0 Å². The maximum atomic E-state index is 2.42. The number of hydrogen-bond acceptors (Lipinski definition) is 0. The molecule has 0 aromatic carbocycles. The molecule has 2 saturated carbocycles. The van der Waals surface area contributed by atoms with E-state index < -0.39 is 0 Å². The van der Waals surface area contributed by atoms with Gasteiger partial charge in [-0.2, -0.15) is 0 Å². The molecule has 0 aromatic rings. The van der Waals surface area contributed by atoms with Crippen LogP contribution in [0.5, 0.6) is 0 Å². The SMILES string of the molecule is C[N+]1(CC[C]2[CH][CH][CH][CH]2)CCCCC1.C[N+]1(CC[C]2[CH][CH][CH][CH]2)CCCCC1.[Cl-].[I-].[Ti+4]. The van der Waals surface area contributed by atoms with E-state index in [1.165, 1.54) is 111 Å². The Kier molecular flexibility index (Phi) is 18.1. The zero-order valence-electron chi connectivity index (χ0n) is 19.7. The van der Waals surface area contributed by atoms with E-state index in [1.807, 2.05) is 0 Å². The fraction of sp³-hybridized carbons (Fsp3) is 0.615. The molecule has 0 atom stereocenters. The van der Waals surface area contributed by atoms with E-state index in [-0.39, 0.29) is 58.1 Å². The van der Waals surface area contributed by atoms with Crippen LogP contribution in [0.1, 0.15) is 51.4 Å². The molecule has 0 amide bonds. The summed E-state index contributed by atoms with van der Waals surface area (Å²) in [6, 6.07) is 0. The second kappa shape index (κ2) is 17.1. The van der Waals surface area contributed by atoms with E-state index >= 15 is 0 Å². The number of halogens is 2. The third-order valence-electron chi connectivity index (χ3n) is 7.14. The molecule has 5 heteroatoms. The zero-order chi connectivity index (χ0) is 19.7. The van der Waals surface area contributed by atoms with Crippen LogP contribution in [0.25, 0.3) is 0 Å². The van der Waals surface area contributed by atoms with Gasteiger partial charge in [0.2, 0.25) is 0 Å². The van der Waals surface area contributed by atoms with E-state index in [2.05, 4.69) is 65.5 Å². The van der Waals surface area contributed by atoms with Gasteiger partial charge in [0.15, 0.2) is 0 Å². The summed E-state index contributed by atoms with van der Waals surface area (Å²) < 4.78 is 2.59. The van der Waals surface area contributed by atoms with Gasteiger partial charge in [-0.15, -0.1) is 0 Å². The number of piperidine rings is 2. The molecule has 0 spiro atoms. The van der Waals surface area contributed by atoms with Crippen molar-refractivity contribution in [1.29, 1.82) is 0 Å². The molecule has 4 fully saturated rings. The topological polar surface area (TPSA) is 0 Å². The molecule has 31 heavy (non-hydrogen) atoms. The van der Waals surface area contributed by atoms with Gasteiger partial charge < -0.3 is 45.3 Å². The molecule has 4 rings (SSSR count). The van der Waals surface area contributed by atoms with Gasteiger partial charge in [0.1, 0.15) is 0 Å². The van der Waals surface area contributed by atoms with Crippen LogP contribution in [-0.4, -0.2) is 62.3 Å². The van der Waals surface area contributed by atoms with Crippen LogP contribution >= 0.6 is 0 Å². The third-order valence-corrected chi connectivity index (χ3v) is 7.14. The minimum Gasteiger partial charge on any atom is -1.00 e. The van der Waals surface area contributed by atoms with Crippen LogP contribution in [0.4, 0.5) is 0 Å². The monoisotopic (exact) mass is 592 g/mol. The second-order valence-corrected chi connectivity index (χ2v) is 9.79. The Morgan fingerprint density at radius 3 is 1.16 bits per heavy atom. The fourth-order valence-electron chi connectivity index (χ4n) is 4.96. The number of nitrogens with zero attached hydrogens (tertiary/aromatic N) is 2. The average molecular weight is 593 g/mol. The van der Waals surface area contributed by atoms with Crippen molar-refractivity contribution in [1.82, 2.24) is 0 Å². The van der Waals surface area contributed by atoms with Crippen LogP contribution in [0.2, 0.25) is 0 Å². The number of hydrogen-bond donors (Lipinski definition) is 0. The van der Waals surface area contributed by atoms with E-state index in [0.717, 1.165) is 0 Å². The Bertz CT molecular complexity index is 387. The molecule has 0 bridgehead atoms. The average Bonchev–Trinajstić information content (AvgIpc) is 3.41. The molecule has 0 unspecified atom stereocenters. The van der Waals surface area contributed by atoms with Crippen molar-refractivity contribution in [2.45, 2.75) is 51.4 Å². The van der Waals surface area contributed by atoms with Crippen LogP contribution in [0, 0.1) is 63.2 Å². The van der Waals surface area contributed by atoms with Crippen molar-refractivity contribution in [3.8, 4) is 0 Å². The van der Waals surface area contributed by atoms with Gasteiger partial charge in [-0.3, -0.25) is 0 Å². The summed E-state index contributed by atoms with van der Waals surface area (Å²) >= 11 is 0. The summed E-state index contributed by atoms with van der Waals surface area (Å²) in [5.41, 5.74) is 0. The Balaban J connectivity index is 0.000000529. The standard InChI is InChI=1S/2C13H21N.ClH.HI.Ti/c2*1-14(10-5-2-6-11-14)12-9-13-7-3-4-8-13;;;/h2*3-4,7-8H,2,5-6,9-12H2,1H3;2*1H;/q2*+1;;;+4/p-2. The molecular formula is C26H42ClIN2Ti+4. The predicted molar refractivity (Wildman–Crippen MR) is 119 cm³/mol. The molecule has 0 aromatic heterocycles. The summed E-state index contributed by atoms with van der Waals surface area (Å²) in [5, 5.41) is 0. The molecular weight excluding hydrogens is 551 g/mol. The van der Waals surface area contributed by atoms with Gasteiger partial charge in [-0.25, -0.2) is 0 Å². The predicted octanol–water partition coefficient (Wildman–Crippen LogP) is -1.17. The normalized spacial score (nSPS) is 25.4. The molecule has 4 aliphatic rings. The zero-order valence-corrected chi connectivity index (χ0v) is 24.1. The summed E-state index contributed by atoms with van der Waals surface area (Å²) in [5.74, 6) is 3.02. The summed E-state index contributed by atoms with van der Waals surface area (Å²) in [4.78, 5) is 0. The van der Waals surface area contributed by atoms with Crippen LogP contribution < -0.4 is 36.4 Å². The van der Waals surface area contributed by atoms with Crippen molar-refractivity contribution in [3.63, 3.8) is 0 Å². The van der Waals surface area contributed by atoms with Crippen molar-refractivity contribution < 1.29 is 67.1 Å². The van der Waals surface area contributed by atoms with Crippen molar-refractivity contribution in [2.24, 2.45) is 0 Å². The van der Waals surface area contributed by atoms with Gasteiger partial charge in [0.05, 0.1) is 53.4 Å². The number of rotatable bonds is 6. The molecule has 2 aliphatic heterocycles. The van der Waals surface area contributed by atoms with E-state index in [9.17, 15) is 0 Å². The van der Waals surface area contributed by atoms with Crippen LogP contribution in [0.15, 0.2) is 0 Å². The van der Waals surface area contributed by atoms with Crippen molar-refractivity contribution in [3.05, 3.63) is 63.2 Å². The summed E-state index contributed by atoms with van der Waals surface area (Å²) in [6.45, 7) is 8.21. The largest absolute Gasteiger partial charge is 4.00 e. The first-order chi connectivity index (χ1) is 13.6. The van der Waals surface area contributed by atoms with Gasteiger partial charge in [-0.05, 0) is 102 Å². The first-order valence-corrected chi connectivity index (χ1v) is 11.7. The van der Waals surface area contributed by atoms with Crippen molar-refractivity contribution in [2.75, 3.05) is 53.4 Å². The van der Waals surface area contributed by atoms with Crippen molar-refractivity contribution >= 4 is 0 Å². The molecule has 2 nitrogen and oxygen atoms in total. The van der Waals surface area contributed by atoms with Crippen LogP contribution in [-0.2, 0) is 21.7 Å². The number of quaternary nitrogens is 2. The Morgan fingerprint density at radius 2 is 0.871 bits per heavy atom. The van der Waals surface area contributed by atoms with E-state index in [4.69, 9.17) is 0 Å². The smallest absolute Gasteiger partial charge is 1.00 e. The molecule has 2 heterocycles. The number of likely N-dealkylation sites (tertiary alicyclic amines) is 2. The van der Waals surface area contributed by atoms with E-state index in [0.29, 0.717) is 0 Å². The summed E-state index contributed by atoms with van der Waals surface area (Å²) in [7, 11) is 4.84. The Morgan fingerprint density at radius 1 is 0.581 bits per heavy atom.